The fourth-order valence-electron chi connectivity index (χ4n) is 1.87. The van der Waals surface area contributed by atoms with Crippen LogP contribution in [-0.4, -0.2) is 10.7 Å². The van der Waals surface area contributed by atoms with Gasteiger partial charge in [0.25, 0.3) is 0 Å². The zero-order valence-electron chi connectivity index (χ0n) is 11.3. The smallest absolute Gasteiger partial charge is 0.239 e. The van der Waals surface area contributed by atoms with Gasteiger partial charge in [0.2, 0.25) is 5.91 Å². The number of alkyl halides is 2. The fraction of sp³-hybridized carbons (Fsp3) is 0.188. The van der Waals surface area contributed by atoms with Crippen LogP contribution in [0.15, 0.2) is 48.5 Å². The number of halogens is 3. The van der Waals surface area contributed by atoms with Crippen LogP contribution in [0.3, 0.4) is 0 Å². The van der Waals surface area contributed by atoms with Gasteiger partial charge >= 0.3 is 0 Å². The van der Waals surface area contributed by atoms with E-state index in [1.165, 1.54) is 0 Å². The van der Waals surface area contributed by atoms with Gasteiger partial charge in [-0.1, -0.05) is 79.9 Å². The van der Waals surface area contributed by atoms with Crippen LogP contribution in [0.2, 0.25) is 5.02 Å². The first-order valence-corrected chi connectivity index (χ1v) is 8.60. The van der Waals surface area contributed by atoms with E-state index in [0.717, 1.165) is 16.8 Å². The summed E-state index contributed by atoms with van der Waals surface area (Å²) in [4.78, 5) is 11.9. The van der Waals surface area contributed by atoms with Crippen LogP contribution in [0.25, 0.3) is 0 Å². The molecule has 0 saturated heterocycles. The predicted octanol–water partition coefficient (Wildman–Crippen LogP) is 5.49. The number of hydrogen-bond acceptors (Lipinski definition) is 1. The molecule has 0 aliphatic carbocycles. The zero-order valence-corrected chi connectivity index (χ0v) is 15.2. The number of carbonyl (C=O) groups excluding carboxylic acids is 1. The third kappa shape index (κ3) is 4.31. The molecule has 0 spiro atoms. The Morgan fingerprint density at radius 2 is 1.81 bits per heavy atom. The van der Waals surface area contributed by atoms with Crippen molar-refractivity contribution in [3.05, 3.63) is 64.7 Å². The van der Waals surface area contributed by atoms with Gasteiger partial charge in [0.1, 0.15) is 4.83 Å². The largest absolute Gasteiger partial charge is 0.325 e. The minimum absolute atomic E-state index is 0.113. The van der Waals surface area contributed by atoms with Crippen LogP contribution in [-0.2, 0) is 4.79 Å². The second-order valence-corrected chi connectivity index (χ2v) is 7.07. The number of benzene rings is 2. The Kier molecular flexibility index (Phi) is 5.85. The first-order valence-electron chi connectivity index (χ1n) is 6.39. The summed E-state index contributed by atoms with van der Waals surface area (Å²) in [7, 11) is 0. The fourth-order valence-corrected chi connectivity index (χ4v) is 3.01. The Balaban J connectivity index is 2.11. The molecule has 2 aromatic carbocycles. The molecule has 1 amide bonds. The lowest BCUT2D eigenvalue weighted by Crippen LogP contribution is -2.26. The highest BCUT2D eigenvalue weighted by Crippen LogP contribution is 2.32. The summed E-state index contributed by atoms with van der Waals surface area (Å²) < 4.78 is 0. The van der Waals surface area contributed by atoms with Crippen molar-refractivity contribution in [1.82, 2.24) is 0 Å². The molecule has 5 heteroatoms. The average Bonchev–Trinajstić information content (AvgIpc) is 2.50. The molecule has 110 valence electrons. The van der Waals surface area contributed by atoms with E-state index >= 15 is 0 Å². The second-order valence-electron chi connectivity index (χ2n) is 4.66. The van der Waals surface area contributed by atoms with Crippen molar-refractivity contribution in [2.75, 3.05) is 5.32 Å². The number of anilines is 1. The molecule has 0 aromatic heterocycles. The first kappa shape index (κ1) is 16.5. The van der Waals surface area contributed by atoms with Crippen molar-refractivity contribution in [3.63, 3.8) is 0 Å². The van der Waals surface area contributed by atoms with Crippen LogP contribution in [0, 0.1) is 6.92 Å². The monoisotopic (exact) mass is 429 g/mol. The van der Waals surface area contributed by atoms with Gasteiger partial charge in [0.05, 0.1) is 4.83 Å². The highest BCUT2D eigenvalue weighted by molar-refractivity contribution is 9.12. The van der Waals surface area contributed by atoms with E-state index in [9.17, 15) is 4.79 Å². The number of amides is 1. The molecule has 0 aliphatic heterocycles. The van der Waals surface area contributed by atoms with E-state index in [-0.39, 0.29) is 10.7 Å². The lowest BCUT2D eigenvalue weighted by molar-refractivity contribution is -0.115. The van der Waals surface area contributed by atoms with Crippen LogP contribution in [0.5, 0.6) is 0 Å². The molecule has 0 heterocycles. The Morgan fingerprint density at radius 1 is 1.14 bits per heavy atom. The molecule has 0 aliphatic rings. The van der Waals surface area contributed by atoms with Crippen molar-refractivity contribution >= 4 is 55.1 Å². The molecular formula is C16H14Br2ClNO. The number of hydrogen-bond donors (Lipinski definition) is 1. The summed E-state index contributed by atoms with van der Waals surface area (Å²) in [6, 6.07) is 15.2. The molecule has 2 atom stereocenters. The summed E-state index contributed by atoms with van der Waals surface area (Å²) in [5.74, 6) is -0.119. The minimum Gasteiger partial charge on any atom is -0.325 e. The highest BCUT2D eigenvalue weighted by Gasteiger charge is 2.25. The topological polar surface area (TPSA) is 29.1 Å². The van der Waals surface area contributed by atoms with Gasteiger partial charge in [0.15, 0.2) is 0 Å². The molecule has 0 fully saturated rings. The molecule has 0 radical (unpaired) electrons. The van der Waals surface area contributed by atoms with Gasteiger partial charge in [-0.2, -0.15) is 0 Å². The average molecular weight is 432 g/mol. The number of aryl methyl sites for hydroxylation is 1. The van der Waals surface area contributed by atoms with Crippen molar-refractivity contribution in [2.24, 2.45) is 0 Å². The molecule has 0 unspecified atom stereocenters. The van der Waals surface area contributed by atoms with E-state index in [0.29, 0.717) is 5.02 Å². The lowest BCUT2D eigenvalue weighted by atomic mass is 10.1. The summed E-state index contributed by atoms with van der Waals surface area (Å²) in [6.07, 6.45) is 0. The quantitative estimate of drug-likeness (QED) is 0.638. The van der Waals surface area contributed by atoms with E-state index in [4.69, 9.17) is 11.6 Å². The molecule has 2 aromatic rings. The van der Waals surface area contributed by atoms with Crippen LogP contribution < -0.4 is 5.32 Å². The first-order chi connectivity index (χ1) is 9.99. The zero-order chi connectivity index (χ0) is 15.4. The predicted molar refractivity (Wildman–Crippen MR) is 95.6 cm³/mol. The van der Waals surface area contributed by atoms with Gasteiger partial charge in [-0.25, -0.2) is 0 Å². The Labute approximate surface area is 146 Å². The standard InChI is InChI=1S/C16H14Br2ClNO/c1-10-7-8-12(19)9-13(10)20-16(21)15(18)14(17)11-5-3-2-4-6-11/h2-9,14-15H,1H3,(H,20,21)/t14-,15-/m0/s1. The molecule has 2 nitrogen and oxygen atoms in total. The second kappa shape index (κ2) is 7.43. The molecule has 21 heavy (non-hydrogen) atoms. The molecule has 1 N–H and O–H groups in total. The summed E-state index contributed by atoms with van der Waals surface area (Å²) in [5, 5.41) is 3.50. The Hall–Kier alpha value is -0.840. The molecule has 0 saturated carbocycles. The van der Waals surface area contributed by atoms with Gasteiger partial charge in [-0.3, -0.25) is 4.79 Å². The summed E-state index contributed by atoms with van der Waals surface area (Å²) in [6.45, 7) is 1.93. The van der Waals surface area contributed by atoms with E-state index in [2.05, 4.69) is 37.2 Å². The third-order valence-corrected chi connectivity index (χ3v) is 6.03. The van der Waals surface area contributed by atoms with E-state index in [1.54, 1.807) is 12.1 Å². The number of carbonyl (C=O) groups is 1. The Bertz CT molecular complexity index is 633. The lowest BCUT2D eigenvalue weighted by Gasteiger charge is -2.18. The van der Waals surface area contributed by atoms with Crippen LogP contribution in [0.1, 0.15) is 16.0 Å². The van der Waals surface area contributed by atoms with Crippen LogP contribution in [0.4, 0.5) is 5.69 Å². The van der Waals surface area contributed by atoms with Gasteiger partial charge < -0.3 is 5.32 Å². The normalized spacial score (nSPS) is 13.5. The maximum absolute atomic E-state index is 12.4. The van der Waals surface area contributed by atoms with Gasteiger partial charge in [-0.15, -0.1) is 0 Å². The minimum atomic E-state index is -0.390. The van der Waals surface area contributed by atoms with Gasteiger partial charge in [-0.05, 0) is 30.2 Å². The number of rotatable bonds is 4. The highest BCUT2D eigenvalue weighted by atomic mass is 79.9. The Morgan fingerprint density at radius 3 is 2.48 bits per heavy atom. The SMILES string of the molecule is Cc1ccc(Cl)cc1NC(=O)[C@@H](Br)[C@@H](Br)c1ccccc1. The van der Waals surface area contributed by atoms with E-state index in [1.807, 2.05) is 43.3 Å². The van der Waals surface area contributed by atoms with Gasteiger partial charge in [0, 0.05) is 10.7 Å². The molecule has 2 rings (SSSR count). The van der Waals surface area contributed by atoms with Crippen LogP contribution >= 0.6 is 43.5 Å². The van der Waals surface area contributed by atoms with Crippen molar-refractivity contribution < 1.29 is 4.79 Å². The molecular weight excluding hydrogens is 417 g/mol. The van der Waals surface area contributed by atoms with E-state index < -0.39 is 4.83 Å². The third-order valence-electron chi connectivity index (χ3n) is 3.08. The summed E-state index contributed by atoms with van der Waals surface area (Å²) >= 11 is 13.0. The van der Waals surface area contributed by atoms with Crippen molar-refractivity contribution in [1.29, 1.82) is 0 Å². The maximum Gasteiger partial charge on any atom is 0.239 e. The van der Waals surface area contributed by atoms with Crippen molar-refractivity contribution in [3.8, 4) is 0 Å². The number of nitrogens with one attached hydrogen (secondary N) is 1. The summed E-state index contributed by atoms with van der Waals surface area (Å²) in [5.41, 5.74) is 2.74. The maximum atomic E-state index is 12.4. The van der Waals surface area contributed by atoms with Crippen molar-refractivity contribution in [2.45, 2.75) is 16.6 Å². The molecule has 0 bridgehead atoms.